The summed E-state index contributed by atoms with van der Waals surface area (Å²) in [5.74, 6) is 3.02. The van der Waals surface area contributed by atoms with Gasteiger partial charge < -0.3 is 9.53 Å². The molecule has 0 heterocycles. The monoisotopic (exact) mass is 460 g/mol. The molecule has 4 aliphatic carbocycles. The van der Waals surface area contributed by atoms with Gasteiger partial charge in [0.2, 0.25) is 0 Å². The Bertz CT molecular complexity index is 721. The Hall–Kier alpha value is -0.123. The second-order valence-electron chi connectivity index (χ2n) is 14.1. The van der Waals surface area contributed by atoms with E-state index in [0.717, 1.165) is 18.3 Å². The molecule has 0 aromatic rings. The second-order valence-corrected chi connectivity index (χ2v) is 18.8. The van der Waals surface area contributed by atoms with Crippen molar-refractivity contribution < 1.29 is 9.53 Å². The summed E-state index contributed by atoms with van der Waals surface area (Å²) in [6.07, 6.45) is 15.6. The maximum absolute atomic E-state index is 10.9. The number of fused-ring (bicyclic) bond motifs is 5. The first kappa shape index (κ1) is 25.0. The molecule has 0 aromatic carbocycles. The molecule has 8 atom stereocenters. The van der Waals surface area contributed by atoms with Crippen LogP contribution in [0.5, 0.6) is 0 Å². The minimum Gasteiger partial charge on any atom is -0.414 e. The molecule has 3 saturated carbocycles. The Kier molecular flexibility index (Phi) is 6.65. The maximum atomic E-state index is 10.9. The van der Waals surface area contributed by atoms with Crippen LogP contribution >= 0.6 is 0 Å². The molecule has 3 fully saturated rings. The zero-order valence-corrected chi connectivity index (χ0v) is 23.5. The van der Waals surface area contributed by atoms with E-state index in [4.69, 9.17) is 4.43 Å². The molecular weight excluding hydrogens is 408 g/mol. The van der Waals surface area contributed by atoms with Crippen LogP contribution in [0.25, 0.3) is 0 Å². The first-order valence-corrected chi connectivity index (χ1v) is 16.8. The quantitative estimate of drug-likeness (QED) is 0.331. The average Bonchev–Trinajstić information content (AvgIpc) is 3.00. The van der Waals surface area contributed by atoms with E-state index in [-0.39, 0.29) is 16.6 Å². The topological polar surface area (TPSA) is 29.5 Å². The van der Waals surface area contributed by atoms with Crippen LogP contribution in [0.15, 0.2) is 11.6 Å². The standard InChI is InChI=1S/C29H52O2Si/c1-9-10-11-20-18-21-19-22(31-32(7,8)27(2,3)4)14-16-28(21,5)24-15-17-29(6)23(26(20)24)12-13-25(29)30/h18,20,22-26,30H,9-17,19H2,1-8H3/t20-,22+,23+,24+,25?,26+,28+,29+/m1/s1. The molecule has 1 N–H and O–H groups in total. The minimum absolute atomic E-state index is 0.0767. The van der Waals surface area contributed by atoms with Crippen molar-refractivity contribution in [2.24, 2.45) is 34.5 Å². The third-order valence-electron chi connectivity index (χ3n) is 11.3. The predicted molar refractivity (Wildman–Crippen MR) is 138 cm³/mol. The van der Waals surface area contributed by atoms with E-state index in [9.17, 15) is 5.11 Å². The van der Waals surface area contributed by atoms with Gasteiger partial charge in [-0.15, -0.1) is 0 Å². The minimum atomic E-state index is -1.74. The Labute approximate surface area is 200 Å². The molecular formula is C29H52O2Si. The van der Waals surface area contributed by atoms with E-state index in [0.29, 0.717) is 23.4 Å². The summed E-state index contributed by atoms with van der Waals surface area (Å²) in [6, 6.07) is 0. The van der Waals surface area contributed by atoms with Gasteiger partial charge in [-0.1, -0.05) is 66.0 Å². The van der Waals surface area contributed by atoms with Crippen molar-refractivity contribution in [3.63, 3.8) is 0 Å². The average molecular weight is 461 g/mol. The number of hydrogen-bond acceptors (Lipinski definition) is 2. The smallest absolute Gasteiger partial charge is 0.192 e. The molecule has 0 aromatic heterocycles. The molecule has 4 rings (SSSR count). The molecule has 184 valence electrons. The number of aliphatic hydroxyl groups excluding tert-OH is 1. The van der Waals surface area contributed by atoms with Gasteiger partial charge in [0, 0.05) is 6.10 Å². The van der Waals surface area contributed by atoms with Gasteiger partial charge in [0.05, 0.1) is 6.10 Å². The third-order valence-corrected chi connectivity index (χ3v) is 15.9. The zero-order valence-electron chi connectivity index (χ0n) is 22.5. The lowest BCUT2D eigenvalue weighted by atomic mass is 9.45. The van der Waals surface area contributed by atoms with Crippen LogP contribution in [-0.2, 0) is 4.43 Å². The lowest BCUT2D eigenvalue weighted by molar-refractivity contribution is -0.0877. The van der Waals surface area contributed by atoms with Crippen LogP contribution in [0.2, 0.25) is 18.1 Å². The van der Waals surface area contributed by atoms with E-state index in [1.54, 1.807) is 5.57 Å². The number of aliphatic hydroxyl groups is 1. The predicted octanol–water partition coefficient (Wildman–Crippen LogP) is 8.12. The van der Waals surface area contributed by atoms with Crippen LogP contribution in [0.3, 0.4) is 0 Å². The Morgan fingerprint density at radius 2 is 1.78 bits per heavy atom. The first-order valence-electron chi connectivity index (χ1n) is 13.9. The molecule has 1 unspecified atom stereocenters. The Balaban J connectivity index is 1.63. The summed E-state index contributed by atoms with van der Waals surface area (Å²) in [4.78, 5) is 0. The van der Waals surface area contributed by atoms with E-state index >= 15 is 0 Å². The van der Waals surface area contributed by atoms with Crippen LogP contribution in [0.4, 0.5) is 0 Å². The molecule has 2 nitrogen and oxygen atoms in total. The maximum Gasteiger partial charge on any atom is 0.192 e. The number of unbranched alkanes of at least 4 members (excludes halogenated alkanes) is 1. The van der Waals surface area contributed by atoms with Crippen LogP contribution in [-0.4, -0.2) is 25.6 Å². The van der Waals surface area contributed by atoms with Crippen molar-refractivity contribution in [2.45, 2.75) is 136 Å². The highest BCUT2D eigenvalue weighted by atomic mass is 28.4. The molecule has 0 bridgehead atoms. The lowest BCUT2D eigenvalue weighted by Crippen LogP contribution is -2.54. The molecule has 0 radical (unpaired) electrons. The van der Waals surface area contributed by atoms with Crippen LogP contribution < -0.4 is 0 Å². The highest BCUT2D eigenvalue weighted by Crippen LogP contribution is 2.66. The summed E-state index contributed by atoms with van der Waals surface area (Å²) in [5, 5.41) is 11.2. The summed E-state index contributed by atoms with van der Waals surface area (Å²) in [6.45, 7) is 19.3. The fraction of sp³-hybridized carbons (Fsp3) is 0.931. The van der Waals surface area contributed by atoms with E-state index in [1.807, 2.05) is 0 Å². The van der Waals surface area contributed by atoms with Gasteiger partial charge in [0.1, 0.15) is 0 Å². The second kappa shape index (κ2) is 8.52. The number of hydrogen-bond donors (Lipinski definition) is 1. The summed E-state index contributed by atoms with van der Waals surface area (Å²) in [7, 11) is -1.74. The van der Waals surface area contributed by atoms with Gasteiger partial charge >= 0.3 is 0 Å². The van der Waals surface area contributed by atoms with Gasteiger partial charge in [0.25, 0.3) is 0 Å². The fourth-order valence-electron chi connectivity index (χ4n) is 8.17. The fourth-order valence-corrected chi connectivity index (χ4v) is 9.56. The number of allylic oxidation sites excluding steroid dienone is 1. The molecule has 0 spiro atoms. The highest BCUT2D eigenvalue weighted by Gasteiger charge is 2.60. The van der Waals surface area contributed by atoms with Crippen molar-refractivity contribution in [3.05, 3.63) is 11.6 Å². The molecule has 4 aliphatic rings. The SMILES string of the molecule is CCCC[C@@H]1C=C2C[C@@H](O[Si](C)(C)C(C)(C)C)CC[C@]2(C)[C@H]2CC[C@]3(C)C(O)CC[C@H]3[C@H]12. The lowest BCUT2D eigenvalue weighted by Gasteiger charge is -2.60. The molecule has 32 heavy (non-hydrogen) atoms. The van der Waals surface area contributed by atoms with E-state index in [2.05, 4.69) is 60.7 Å². The normalized spacial score (nSPS) is 44.5. The van der Waals surface area contributed by atoms with Crippen molar-refractivity contribution in [2.75, 3.05) is 0 Å². The van der Waals surface area contributed by atoms with Crippen molar-refractivity contribution in [1.29, 1.82) is 0 Å². The Morgan fingerprint density at radius 3 is 2.44 bits per heavy atom. The van der Waals surface area contributed by atoms with Crippen LogP contribution in [0, 0.1) is 34.5 Å². The zero-order chi connectivity index (χ0) is 23.5. The van der Waals surface area contributed by atoms with E-state index < -0.39 is 8.32 Å². The van der Waals surface area contributed by atoms with Gasteiger partial charge in [-0.25, -0.2) is 0 Å². The number of rotatable bonds is 5. The third kappa shape index (κ3) is 4.00. The van der Waals surface area contributed by atoms with Crippen molar-refractivity contribution in [3.8, 4) is 0 Å². The van der Waals surface area contributed by atoms with Crippen molar-refractivity contribution in [1.82, 2.24) is 0 Å². The highest BCUT2D eigenvalue weighted by molar-refractivity contribution is 6.74. The van der Waals surface area contributed by atoms with Crippen LogP contribution in [0.1, 0.15) is 106 Å². The van der Waals surface area contributed by atoms with E-state index in [1.165, 1.54) is 57.8 Å². The van der Waals surface area contributed by atoms with Crippen molar-refractivity contribution >= 4 is 8.32 Å². The molecule has 0 aliphatic heterocycles. The summed E-state index contributed by atoms with van der Waals surface area (Å²) < 4.78 is 6.95. The molecule has 3 heteroatoms. The van der Waals surface area contributed by atoms with Gasteiger partial charge in [-0.05, 0) is 104 Å². The molecule has 0 amide bonds. The van der Waals surface area contributed by atoms with Gasteiger partial charge in [0.15, 0.2) is 8.32 Å². The van der Waals surface area contributed by atoms with Gasteiger partial charge in [-0.3, -0.25) is 0 Å². The van der Waals surface area contributed by atoms with Gasteiger partial charge in [-0.2, -0.15) is 0 Å². The Morgan fingerprint density at radius 1 is 1.06 bits per heavy atom. The molecule has 0 saturated heterocycles. The largest absolute Gasteiger partial charge is 0.414 e. The first-order chi connectivity index (χ1) is 14.8. The summed E-state index contributed by atoms with van der Waals surface area (Å²) in [5.41, 5.74) is 2.27. The summed E-state index contributed by atoms with van der Waals surface area (Å²) >= 11 is 0.